The summed E-state index contributed by atoms with van der Waals surface area (Å²) in [6, 6.07) is 17.3. The fraction of sp³-hybridized carbons (Fsp3) is 0.227. The Labute approximate surface area is 170 Å². The van der Waals surface area contributed by atoms with Crippen molar-refractivity contribution in [2.75, 3.05) is 10.2 Å². The van der Waals surface area contributed by atoms with Crippen molar-refractivity contribution in [1.29, 1.82) is 0 Å². The molecule has 3 rings (SSSR count). The van der Waals surface area contributed by atoms with E-state index >= 15 is 0 Å². The van der Waals surface area contributed by atoms with Crippen LogP contribution in [0.25, 0.3) is 0 Å². The molecule has 0 aliphatic rings. The number of nitrogens with one attached hydrogen (secondary N) is 1. The maximum atomic E-state index is 12.7. The molecular formula is C22H23ClN4O. The summed E-state index contributed by atoms with van der Waals surface area (Å²) in [7, 11) is 0. The maximum absolute atomic E-state index is 12.7. The van der Waals surface area contributed by atoms with Gasteiger partial charge >= 0.3 is 0 Å². The van der Waals surface area contributed by atoms with E-state index in [2.05, 4.69) is 46.2 Å². The summed E-state index contributed by atoms with van der Waals surface area (Å²) < 4.78 is 0. The lowest BCUT2D eigenvalue weighted by atomic mass is 10.2. The van der Waals surface area contributed by atoms with E-state index in [1.807, 2.05) is 37.3 Å². The first-order valence-corrected chi connectivity index (χ1v) is 9.53. The summed E-state index contributed by atoms with van der Waals surface area (Å²) in [6.07, 6.45) is 1.61. The number of hydrogen-bond acceptors (Lipinski definition) is 4. The SMILES string of the molecule is Cc1ccc(NC(=O)c2ccnc(N(Cc3ccccc3)C(C)C)n2)cc1Cl. The minimum atomic E-state index is -0.299. The van der Waals surface area contributed by atoms with Gasteiger partial charge in [0.25, 0.3) is 5.91 Å². The van der Waals surface area contributed by atoms with Gasteiger partial charge in [0.1, 0.15) is 5.69 Å². The Morgan fingerprint density at radius 1 is 1.14 bits per heavy atom. The molecule has 2 aromatic carbocycles. The molecule has 5 nitrogen and oxygen atoms in total. The molecule has 0 saturated carbocycles. The Morgan fingerprint density at radius 3 is 2.57 bits per heavy atom. The fourth-order valence-electron chi connectivity index (χ4n) is 2.74. The predicted molar refractivity (Wildman–Crippen MR) is 114 cm³/mol. The van der Waals surface area contributed by atoms with Gasteiger partial charge in [0, 0.05) is 29.5 Å². The predicted octanol–water partition coefficient (Wildman–Crippen LogP) is 5.11. The molecule has 0 unspecified atom stereocenters. The van der Waals surface area contributed by atoms with Gasteiger partial charge in [0.2, 0.25) is 5.95 Å². The summed E-state index contributed by atoms with van der Waals surface area (Å²) in [5.41, 5.74) is 3.05. The molecule has 1 N–H and O–H groups in total. The van der Waals surface area contributed by atoms with E-state index in [0.29, 0.717) is 28.9 Å². The van der Waals surface area contributed by atoms with Crippen molar-refractivity contribution in [3.63, 3.8) is 0 Å². The van der Waals surface area contributed by atoms with Crippen LogP contribution in [0.5, 0.6) is 0 Å². The number of amides is 1. The number of carbonyl (C=O) groups is 1. The van der Waals surface area contributed by atoms with E-state index in [1.54, 1.807) is 18.3 Å². The minimum absolute atomic E-state index is 0.175. The molecule has 3 aromatic rings. The summed E-state index contributed by atoms with van der Waals surface area (Å²) in [5.74, 6) is 0.223. The molecular weight excluding hydrogens is 372 g/mol. The summed E-state index contributed by atoms with van der Waals surface area (Å²) >= 11 is 6.14. The molecule has 1 aromatic heterocycles. The lowest BCUT2D eigenvalue weighted by molar-refractivity contribution is 0.102. The molecule has 0 spiro atoms. The third-order valence-electron chi connectivity index (χ3n) is 4.38. The first kappa shape index (κ1) is 19.8. The van der Waals surface area contributed by atoms with Crippen molar-refractivity contribution < 1.29 is 4.79 Å². The van der Waals surface area contributed by atoms with Gasteiger partial charge in [-0.15, -0.1) is 0 Å². The molecule has 0 fully saturated rings. The topological polar surface area (TPSA) is 58.1 Å². The molecule has 28 heavy (non-hydrogen) atoms. The average Bonchev–Trinajstić information content (AvgIpc) is 2.69. The first-order chi connectivity index (χ1) is 13.4. The fourth-order valence-corrected chi connectivity index (χ4v) is 2.92. The number of benzene rings is 2. The Bertz CT molecular complexity index is 960. The van der Waals surface area contributed by atoms with Gasteiger partial charge in [-0.3, -0.25) is 4.79 Å². The molecule has 0 saturated heterocycles. The summed E-state index contributed by atoms with van der Waals surface area (Å²) in [6.45, 7) is 6.73. The second kappa shape index (κ2) is 8.85. The number of aryl methyl sites for hydroxylation is 1. The second-order valence-corrected chi connectivity index (χ2v) is 7.27. The Balaban J connectivity index is 1.81. The van der Waals surface area contributed by atoms with E-state index in [-0.39, 0.29) is 11.9 Å². The smallest absolute Gasteiger partial charge is 0.274 e. The van der Waals surface area contributed by atoms with Gasteiger partial charge in [-0.1, -0.05) is 48.0 Å². The Morgan fingerprint density at radius 2 is 1.89 bits per heavy atom. The van der Waals surface area contributed by atoms with Crippen molar-refractivity contribution >= 4 is 29.1 Å². The molecule has 0 aliphatic carbocycles. The lowest BCUT2D eigenvalue weighted by Crippen LogP contribution is -2.32. The number of carbonyl (C=O) groups excluding carboxylic acids is 1. The van der Waals surface area contributed by atoms with Gasteiger partial charge in [-0.2, -0.15) is 0 Å². The molecule has 144 valence electrons. The zero-order chi connectivity index (χ0) is 20.1. The van der Waals surface area contributed by atoms with Crippen LogP contribution in [0.2, 0.25) is 5.02 Å². The normalized spacial score (nSPS) is 10.8. The highest BCUT2D eigenvalue weighted by atomic mass is 35.5. The van der Waals surface area contributed by atoms with Crippen LogP contribution in [0.3, 0.4) is 0 Å². The maximum Gasteiger partial charge on any atom is 0.274 e. The average molecular weight is 395 g/mol. The summed E-state index contributed by atoms with van der Waals surface area (Å²) in [5, 5.41) is 3.45. The van der Waals surface area contributed by atoms with Crippen LogP contribution in [-0.4, -0.2) is 21.9 Å². The zero-order valence-electron chi connectivity index (χ0n) is 16.2. The number of anilines is 2. The number of hydrogen-bond donors (Lipinski definition) is 1. The number of nitrogens with zero attached hydrogens (tertiary/aromatic N) is 3. The Hall–Kier alpha value is -2.92. The standard InChI is InChI=1S/C22H23ClN4O/c1-15(2)27(14-17-7-5-4-6-8-17)22-24-12-11-20(26-22)21(28)25-18-10-9-16(3)19(23)13-18/h4-13,15H,14H2,1-3H3,(H,25,28). The van der Waals surface area contributed by atoms with Crippen LogP contribution in [0.4, 0.5) is 11.6 Å². The van der Waals surface area contributed by atoms with Crippen molar-refractivity contribution in [3.05, 3.63) is 82.6 Å². The van der Waals surface area contributed by atoms with Crippen LogP contribution in [0, 0.1) is 6.92 Å². The summed E-state index contributed by atoms with van der Waals surface area (Å²) in [4.78, 5) is 23.6. The van der Waals surface area contributed by atoms with Crippen molar-refractivity contribution in [3.8, 4) is 0 Å². The molecule has 6 heteroatoms. The van der Waals surface area contributed by atoms with Gasteiger partial charge in [0.05, 0.1) is 0 Å². The van der Waals surface area contributed by atoms with Crippen LogP contribution in [0.1, 0.15) is 35.5 Å². The van der Waals surface area contributed by atoms with Crippen LogP contribution < -0.4 is 10.2 Å². The number of aromatic nitrogens is 2. The molecule has 1 heterocycles. The molecule has 0 bridgehead atoms. The van der Waals surface area contributed by atoms with Crippen molar-refractivity contribution in [2.24, 2.45) is 0 Å². The zero-order valence-corrected chi connectivity index (χ0v) is 16.9. The lowest BCUT2D eigenvalue weighted by Gasteiger charge is -2.27. The van der Waals surface area contributed by atoms with Gasteiger partial charge < -0.3 is 10.2 Å². The van der Waals surface area contributed by atoms with E-state index < -0.39 is 0 Å². The van der Waals surface area contributed by atoms with Crippen molar-refractivity contribution in [1.82, 2.24) is 9.97 Å². The molecule has 0 atom stereocenters. The monoisotopic (exact) mass is 394 g/mol. The van der Waals surface area contributed by atoms with Crippen LogP contribution in [-0.2, 0) is 6.54 Å². The quantitative estimate of drug-likeness (QED) is 0.631. The highest BCUT2D eigenvalue weighted by Gasteiger charge is 2.17. The van der Waals surface area contributed by atoms with Gasteiger partial charge in [-0.25, -0.2) is 9.97 Å². The van der Waals surface area contributed by atoms with E-state index in [4.69, 9.17) is 11.6 Å². The van der Waals surface area contributed by atoms with E-state index in [0.717, 1.165) is 11.1 Å². The number of halogens is 1. The first-order valence-electron chi connectivity index (χ1n) is 9.15. The van der Waals surface area contributed by atoms with E-state index in [9.17, 15) is 4.79 Å². The van der Waals surface area contributed by atoms with Crippen molar-refractivity contribution in [2.45, 2.75) is 33.4 Å². The minimum Gasteiger partial charge on any atom is -0.334 e. The third kappa shape index (κ3) is 4.87. The molecule has 0 aliphatic heterocycles. The Kier molecular flexibility index (Phi) is 6.26. The van der Waals surface area contributed by atoms with Gasteiger partial charge in [0.15, 0.2) is 0 Å². The largest absolute Gasteiger partial charge is 0.334 e. The highest BCUT2D eigenvalue weighted by Crippen LogP contribution is 2.21. The third-order valence-corrected chi connectivity index (χ3v) is 4.79. The van der Waals surface area contributed by atoms with Gasteiger partial charge in [-0.05, 0) is 50.1 Å². The molecule has 1 amide bonds. The number of rotatable bonds is 6. The second-order valence-electron chi connectivity index (χ2n) is 6.87. The van der Waals surface area contributed by atoms with Crippen LogP contribution >= 0.6 is 11.6 Å². The molecule has 0 radical (unpaired) electrons. The van der Waals surface area contributed by atoms with E-state index in [1.165, 1.54) is 0 Å². The highest BCUT2D eigenvalue weighted by molar-refractivity contribution is 6.31. The van der Waals surface area contributed by atoms with Crippen LogP contribution in [0.15, 0.2) is 60.8 Å².